The highest BCUT2D eigenvalue weighted by Crippen LogP contribution is 2.39. The number of ether oxygens (including phenoxy) is 1. The Bertz CT molecular complexity index is 1040. The van der Waals surface area contributed by atoms with Gasteiger partial charge in [-0.1, -0.05) is 18.2 Å². The van der Waals surface area contributed by atoms with Gasteiger partial charge in [0.1, 0.15) is 0 Å². The molecule has 1 aliphatic heterocycles. The van der Waals surface area contributed by atoms with E-state index in [9.17, 15) is 18.0 Å². The Morgan fingerprint density at radius 3 is 2.62 bits per heavy atom. The smallest absolute Gasteiger partial charge is 0.357 e. The molecular formula is C20H23N3O5S. The molecule has 1 aromatic carbocycles. The lowest BCUT2D eigenvalue weighted by atomic mass is 10.0. The van der Waals surface area contributed by atoms with E-state index in [-0.39, 0.29) is 17.2 Å². The lowest BCUT2D eigenvalue weighted by Crippen LogP contribution is -2.48. The van der Waals surface area contributed by atoms with Gasteiger partial charge in [-0.3, -0.25) is 4.79 Å². The summed E-state index contributed by atoms with van der Waals surface area (Å²) in [6, 6.07) is 11.0. The number of para-hydroxylation sites is 1. The topological polar surface area (TPSA) is 107 Å². The van der Waals surface area contributed by atoms with E-state index >= 15 is 0 Å². The molecule has 154 valence electrons. The van der Waals surface area contributed by atoms with Crippen molar-refractivity contribution in [1.29, 1.82) is 0 Å². The molecule has 1 amide bonds. The summed E-state index contributed by atoms with van der Waals surface area (Å²) in [5, 5.41) is 7.23. The first-order chi connectivity index (χ1) is 13.7. The van der Waals surface area contributed by atoms with Crippen molar-refractivity contribution in [1.82, 2.24) is 15.1 Å². The summed E-state index contributed by atoms with van der Waals surface area (Å²) < 4.78 is 30.1. The maximum Gasteiger partial charge on any atom is 0.357 e. The summed E-state index contributed by atoms with van der Waals surface area (Å²) in [4.78, 5) is 24.9. The van der Waals surface area contributed by atoms with Crippen molar-refractivity contribution in [3.63, 3.8) is 0 Å². The van der Waals surface area contributed by atoms with Crippen LogP contribution in [0.5, 0.6) is 0 Å². The molecule has 1 aliphatic carbocycles. The number of benzene rings is 1. The van der Waals surface area contributed by atoms with Gasteiger partial charge >= 0.3 is 5.97 Å². The van der Waals surface area contributed by atoms with Gasteiger partial charge in [-0.05, 0) is 44.4 Å². The van der Waals surface area contributed by atoms with E-state index in [0.717, 1.165) is 24.2 Å². The molecular weight excluding hydrogens is 394 g/mol. The summed E-state index contributed by atoms with van der Waals surface area (Å²) in [6.07, 6.45) is 2.44. The summed E-state index contributed by atoms with van der Waals surface area (Å²) in [5.74, 6) is -0.868. The zero-order valence-corrected chi connectivity index (χ0v) is 16.9. The number of hydrogen-bond donors (Lipinski definition) is 1. The highest BCUT2D eigenvalue weighted by atomic mass is 32.2. The minimum absolute atomic E-state index is 0.0454. The van der Waals surface area contributed by atoms with Crippen molar-refractivity contribution in [2.45, 2.75) is 37.6 Å². The number of carbonyl (C=O) groups is 2. The fourth-order valence-corrected chi connectivity index (χ4v) is 5.67. The fourth-order valence-electron chi connectivity index (χ4n) is 3.58. The van der Waals surface area contributed by atoms with Crippen LogP contribution in [-0.4, -0.2) is 53.7 Å². The average molecular weight is 417 g/mol. The zero-order chi connectivity index (χ0) is 20.6. The highest BCUT2D eigenvalue weighted by Gasteiger charge is 2.39. The number of aromatic nitrogens is 2. The van der Waals surface area contributed by atoms with Crippen LogP contribution in [0.4, 0.5) is 0 Å². The molecule has 1 atom stereocenters. The number of nitrogens with one attached hydrogen (secondary N) is 1. The molecule has 0 spiro atoms. The number of rotatable bonds is 6. The Hall–Kier alpha value is -2.68. The van der Waals surface area contributed by atoms with Crippen LogP contribution >= 0.6 is 0 Å². The molecule has 8 nitrogen and oxygen atoms in total. The maximum absolute atomic E-state index is 12.7. The molecule has 1 N–H and O–H groups in total. The first kappa shape index (κ1) is 19.6. The number of esters is 1. The third-order valence-corrected chi connectivity index (χ3v) is 7.12. The molecule has 1 aromatic heterocycles. The van der Waals surface area contributed by atoms with Crippen LogP contribution < -0.4 is 5.32 Å². The predicted molar refractivity (Wildman–Crippen MR) is 106 cm³/mol. The molecule has 0 unspecified atom stereocenters. The SMILES string of the molecule is C[C@@]1(NC(=O)COC(=O)c2cc(C3CC3)nn2-c2ccccc2)CCS(=O)(=O)C1. The van der Waals surface area contributed by atoms with E-state index in [1.165, 1.54) is 0 Å². The van der Waals surface area contributed by atoms with Gasteiger partial charge < -0.3 is 10.1 Å². The molecule has 4 rings (SSSR count). The van der Waals surface area contributed by atoms with E-state index in [1.54, 1.807) is 17.7 Å². The maximum atomic E-state index is 12.7. The molecule has 1 saturated heterocycles. The third-order valence-electron chi connectivity index (χ3n) is 5.21. The summed E-state index contributed by atoms with van der Waals surface area (Å²) in [7, 11) is -3.14. The Kier molecular flexibility index (Phi) is 4.94. The summed E-state index contributed by atoms with van der Waals surface area (Å²) >= 11 is 0. The Balaban J connectivity index is 1.44. The normalized spacial score (nSPS) is 22.9. The van der Waals surface area contributed by atoms with Crippen LogP contribution in [0, 0.1) is 0 Å². The fraction of sp³-hybridized carbons (Fsp3) is 0.450. The minimum atomic E-state index is -3.14. The number of hydrogen-bond acceptors (Lipinski definition) is 6. The second kappa shape index (κ2) is 7.29. The van der Waals surface area contributed by atoms with Crippen molar-refractivity contribution < 1.29 is 22.7 Å². The lowest BCUT2D eigenvalue weighted by Gasteiger charge is -2.23. The van der Waals surface area contributed by atoms with E-state index in [2.05, 4.69) is 10.4 Å². The van der Waals surface area contributed by atoms with Gasteiger partial charge in [-0.15, -0.1) is 0 Å². The molecule has 0 radical (unpaired) electrons. The van der Waals surface area contributed by atoms with Gasteiger partial charge in [-0.25, -0.2) is 17.9 Å². The monoisotopic (exact) mass is 417 g/mol. The number of amides is 1. The summed E-state index contributed by atoms with van der Waals surface area (Å²) in [5.41, 5.74) is 1.02. The molecule has 2 fully saturated rings. The van der Waals surface area contributed by atoms with Crippen molar-refractivity contribution in [2.24, 2.45) is 0 Å². The van der Waals surface area contributed by atoms with Crippen molar-refractivity contribution in [3.8, 4) is 5.69 Å². The predicted octanol–water partition coefficient (Wildman–Crippen LogP) is 1.60. The second-order valence-corrected chi connectivity index (χ2v) is 10.2. The van der Waals surface area contributed by atoms with Crippen LogP contribution in [-0.2, 0) is 19.4 Å². The number of sulfone groups is 1. The third kappa shape index (κ3) is 4.50. The molecule has 2 heterocycles. The number of nitrogens with zero attached hydrogens (tertiary/aromatic N) is 2. The first-order valence-electron chi connectivity index (χ1n) is 9.59. The Labute approximate surface area is 169 Å². The van der Waals surface area contributed by atoms with Gasteiger partial charge in [0, 0.05) is 5.92 Å². The number of carbonyl (C=O) groups excluding carboxylic acids is 2. The molecule has 9 heteroatoms. The van der Waals surface area contributed by atoms with Crippen molar-refractivity contribution >= 4 is 21.7 Å². The standard InChI is InChI=1S/C20H23N3O5S/c1-20(9-10-29(26,27)13-20)21-18(24)12-28-19(25)17-11-16(14-7-8-14)22-23(17)15-5-3-2-4-6-15/h2-6,11,14H,7-10,12-13H2,1H3,(H,21,24)/t20-/m1/s1. The van der Waals surface area contributed by atoms with Crippen molar-refractivity contribution in [3.05, 3.63) is 47.8 Å². The highest BCUT2D eigenvalue weighted by molar-refractivity contribution is 7.91. The van der Waals surface area contributed by atoms with Gasteiger partial charge in [0.05, 0.1) is 28.4 Å². The molecule has 2 aliphatic rings. The largest absolute Gasteiger partial charge is 0.451 e. The molecule has 29 heavy (non-hydrogen) atoms. The Morgan fingerprint density at radius 1 is 1.28 bits per heavy atom. The van der Waals surface area contributed by atoms with Gasteiger partial charge in [0.25, 0.3) is 5.91 Å². The minimum Gasteiger partial charge on any atom is -0.451 e. The van der Waals surface area contributed by atoms with Crippen LogP contribution in [0.25, 0.3) is 5.69 Å². The average Bonchev–Trinajstić information content (AvgIpc) is 3.36. The Morgan fingerprint density at radius 2 is 2.00 bits per heavy atom. The van der Waals surface area contributed by atoms with Crippen LogP contribution in [0.2, 0.25) is 0 Å². The second-order valence-electron chi connectivity index (χ2n) is 8.00. The first-order valence-corrected chi connectivity index (χ1v) is 11.4. The summed E-state index contributed by atoms with van der Waals surface area (Å²) in [6.45, 7) is 1.21. The van der Waals surface area contributed by atoms with Gasteiger partial charge in [-0.2, -0.15) is 5.10 Å². The van der Waals surface area contributed by atoms with E-state index in [0.29, 0.717) is 12.3 Å². The molecule has 0 bridgehead atoms. The van der Waals surface area contributed by atoms with Crippen molar-refractivity contribution in [2.75, 3.05) is 18.1 Å². The van der Waals surface area contributed by atoms with Crippen LogP contribution in [0.3, 0.4) is 0 Å². The van der Waals surface area contributed by atoms with Gasteiger partial charge in [0.15, 0.2) is 22.1 Å². The van der Waals surface area contributed by atoms with E-state index in [1.807, 2.05) is 30.3 Å². The van der Waals surface area contributed by atoms with Gasteiger partial charge in [0.2, 0.25) is 0 Å². The van der Waals surface area contributed by atoms with Crippen LogP contribution in [0.15, 0.2) is 36.4 Å². The van der Waals surface area contributed by atoms with E-state index < -0.39 is 33.9 Å². The lowest BCUT2D eigenvalue weighted by molar-refractivity contribution is -0.125. The zero-order valence-electron chi connectivity index (χ0n) is 16.1. The van der Waals surface area contributed by atoms with Crippen LogP contribution in [0.1, 0.15) is 48.3 Å². The van der Waals surface area contributed by atoms with E-state index in [4.69, 9.17) is 4.74 Å². The molecule has 1 saturated carbocycles. The quantitative estimate of drug-likeness (QED) is 0.716. The molecule has 2 aromatic rings.